The molecule has 0 heterocycles. The molecule has 10 heteroatoms. The van der Waals surface area contributed by atoms with Crippen molar-refractivity contribution in [1.29, 1.82) is 0 Å². The van der Waals surface area contributed by atoms with Crippen molar-refractivity contribution in [3.05, 3.63) is 89.5 Å². The Morgan fingerprint density at radius 3 is 2.30 bits per heavy atom. The third-order valence-electron chi connectivity index (χ3n) is 5.42. The molecule has 0 aliphatic rings. The van der Waals surface area contributed by atoms with Crippen LogP contribution < -0.4 is 31.3 Å². The van der Waals surface area contributed by atoms with E-state index in [1.165, 1.54) is 44.6 Å². The van der Waals surface area contributed by atoms with E-state index in [0.29, 0.717) is 28.4 Å². The third-order valence-corrected chi connectivity index (χ3v) is 5.42. The summed E-state index contributed by atoms with van der Waals surface area (Å²) in [5, 5.41) is 14.2. The van der Waals surface area contributed by atoms with E-state index in [0.717, 1.165) is 5.56 Å². The second kappa shape index (κ2) is 12.8. The molecule has 3 amide bonds. The summed E-state index contributed by atoms with van der Waals surface area (Å²) in [4.78, 5) is 37.4. The number of nitrogens with two attached hydrogens (primary N) is 1. The zero-order valence-electron chi connectivity index (χ0n) is 20.4. The summed E-state index contributed by atoms with van der Waals surface area (Å²) >= 11 is 0. The maximum absolute atomic E-state index is 13.1. The summed E-state index contributed by atoms with van der Waals surface area (Å²) in [6.45, 7) is 0. The molecule has 10 nitrogen and oxygen atoms in total. The number of nitrogen functional groups attached to an aromatic ring is 1. The van der Waals surface area contributed by atoms with E-state index < -0.39 is 23.8 Å². The van der Waals surface area contributed by atoms with Crippen LogP contribution in [0.2, 0.25) is 0 Å². The average molecular weight is 505 g/mol. The molecule has 0 unspecified atom stereocenters. The number of hydrogen-bond donors (Lipinski definition) is 5. The summed E-state index contributed by atoms with van der Waals surface area (Å²) in [5.74, 6) is -0.471. The zero-order valence-corrected chi connectivity index (χ0v) is 20.4. The number of ether oxygens (including phenoxy) is 2. The van der Waals surface area contributed by atoms with Gasteiger partial charge < -0.3 is 25.8 Å². The lowest BCUT2D eigenvalue weighted by Crippen LogP contribution is -2.44. The highest BCUT2D eigenvalue weighted by Crippen LogP contribution is 2.25. The minimum atomic E-state index is -0.923. The molecule has 0 saturated carbocycles. The molecule has 3 rings (SSSR count). The number of nitrogens with one attached hydrogen (secondary N) is 3. The number of carbonyl (C=O) groups excluding carboxylic acids is 3. The lowest BCUT2D eigenvalue weighted by atomic mass is 10.0. The van der Waals surface area contributed by atoms with Gasteiger partial charge in [-0.2, -0.15) is 0 Å². The number of hydrogen-bond acceptors (Lipinski definition) is 7. The van der Waals surface area contributed by atoms with Gasteiger partial charge in [0.05, 0.1) is 14.2 Å². The third kappa shape index (κ3) is 7.58. The van der Waals surface area contributed by atoms with Gasteiger partial charge >= 0.3 is 0 Å². The van der Waals surface area contributed by atoms with E-state index in [1.54, 1.807) is 54.0 Å². The topological polar surface area (TPSA) is 152 Å². The van der Waals surface area contributed by atoms with Gasteiger partial charge in [0, 0.05) is 35.0 Å². The van der Waals surface area contributed by atoms with E-state index >= 15 is 0 Å². The second-order valence-electron chi connectivity index (χ2n) is 7.96. The molecule has 0 spiro atoms. The average Bonchev–Trinajstić information content (AvgIpc) is 2.92. The van der Waals surface area contributed by atoms with Crippen molar-refractivity contribution in [2.24, 2.45) is 0 Å². The van der Waals surface area contributed by atoms with Crippen LogP contribution in [0.1, 0.15) is 21.5 Å². The Morgan fingerprint density at radius 2 is 1.68 bits per heavy atom. The molecular formula is C27H28N4O6. The number of benzene rings is 3. The molecule has 192 valence electrons. The first-order valence-electron chi connectivity index (χ1n) is 11.2. The molecule has 1 atom stereocenters. The molecule has 0 fully saturated rings. The number of amides is 3. The number of hydroxylamine groups is 1. The van der Waals surface area contributed by atoms with Crippen LogP contribution in [0.3, 0.4) is 0 Å². The van der Waals surface area contributed by atoms with Crippen LogP contribution in [0.15, 0.2) is 72.8 Å². The Hall–Kier alpha value is -4.83. The first kappa shape index (κ1) is 26.8. The lowest BCUT2D eigenvalue weighted by Gasteiger charge is -2.18. The number of anilines is 2. The molecule has 0 aliphatic heterocycles. The van der Waals surface area contributed by atoms with Gasteiger partial charge in [-0.3, -0.25) is 19.6 Å². The number of rotatable bonds is 10. The molecule has 0 saturated heterocycles. The molecular weight excluding hydrogens is 476 g/mol. The van der Waals surface area contributed by atoms with Crippen LogP contribution in [0, 0.1) is 0 Å². The molecule has 3 aromatic carbocycles. The quantitative estimate of drug-likeness (QED) is 0.123. The van der Waals surface area contributed by atoms with Gasteiger partial charge in [-0.25, -0.2) is 5.48 Å². The first-order chi connectivity index (χ1) is 17.8. The van der Waals surface area contributed by atoms with E-state index in [2.05, 4.69) is 10.6 Å². The van der Waals surface area contributed by atoms with Crippen molar-refractivity contribution in [2.75, 3.05) is 25.3 Å². The highest BCUT2D eigenvalue weighted by Gasteiger charge is 2.21. The summed E-state index contributed by atoms with van der Waals surface area (Å²) in [7, 11) is 3.06. The van der Waals surface area contributed by atoms with Crippen molar-refractivity contribution in [1.82, 2.24) is 10.8 Å². The zero-order chi connectivity index (χ0) is 26.8. The van der Waals surface area contributed by atoms with Crippen LogP contribution in [0.25, 0.3) is 6.08 Å². The lowest BCUT2D eigenvalue weighted by molar-refractivity contribution is -0.123. The van der Waals surface area contributed by atoms with Crippen molar-refractivity contribution in [2.45, 2.75) is 12.5 Å². The summed E-state index contributed by atoms with van der Waals surface area (Å²) in [5.41, 5.74) is 9.93. The monoisotopic (exact) mass is 504 g/mol. The van der Waals surface area contributed by atoms with Gasteiger partial charge in [0.25, 0.3) is 5.91 Å². The molecule has 0 aliphatic carbocycles. The van der Waals surface area contributed by atoms with Crippen molar-refractivity contribution < 1.29 is 29.1 Å². The Balaban J connectivity index is 1.77. The predicted molar refractivity (Wildman–Crippen MR) is 139 cm³/mol. The minimum absolute atomic E-state index is 0.208. The molecule has 0 radical (unpaired) electrons. The Labute approximate surface area is 214 Å². The summed E-state index contributed by atoms with van der Waals surface area (Å²) in [6.07, 6.45) is 3.09. The van der Waals surface area contributed by atoms with Gasteiger partial charge in [-0.1, -0.05) is 12.1 Å². The van der Waals surface area contributed by atoms with Crippen molar-refractivity contribution >= 4 is 35.2 Å². The Kier molecular flexibility index (Phi) is 9.23. The first-order valence-corrected chi connectivity index (χ1v) is 11.2. The fourth-order valence-electron chi connectivity index (χ4n) is 3.45. The molecule has 0 aromatic heterocycles. The normalized spacial score (nSPS) is 11.4. The highest BCUT2D eigenvalue weighted by atomic mass is 16.5. The van der Waals surface area contributed by atoms with Gasteiger partial charge in [0.2, 0.25) is 11.8 Å². The van der Waals surface area contributed by atoms with Gasteiger partial charge in [-0.15, -0.1) is 0 Å². The SMILES string of the molecule is COc1ccc(OC)c(/C=C/C(=O)N[C@@H](Cc2ccc(N)cc2)C(=O)Nc2ccc(C(=O)NO)cc2)c1. The standard InChI is InChI=1S/C27H28N4O6/c1-36-22-12-13-24(37-2)19(16-22)7-14-25(32)30-23(15-17-3-8-20(28)9-4-17)27(34)29-21-10-5-18(6-11-21)26(33)31-35/h3-14,16,23,35H,15,28H2,1-2H3,(H,29,34)(H,30,32)(H,31,33)/b14-7+/t23-/m0/s1. The van der Waals surface area contributed by atoms with E-state index in [4.69, 9.17) is 20.4 Å². The summed E-state index contributed by atoms with van der Waals surface area (Å²) < 4.78 is 10.6. The molecule has 0 bridgehead atoms. The smallest absolute Gasteiger partial charge is 0.274 e. The maximum Gasteiger partial charge on any atom is 0.274 e. The minimum Gasteiger partial charge on any atom is -0.497 e. The van der Waals surface area contributed by atoms with E-state index in [-0.39, 0.29) is 12.0 Å². The van der Waals surface area contributed by atoms with Crippen LogP contribution in [-0.4, -0.2) is 43.2 Å². The van der Waals surface area contributed by atoms with Crippen LogP contribution in [0.4, 0.5) is 11.4 Å². The Morgan fingerprint density at radius 1 is 0.973 bits per heavy atom. The second-order valence-corrected chi connectivity index (χ2v) is 7.96. The fraction of sp³-hybridized carbons (Fsp3) is 0.148. The van der Waals surface area contributed by atoms with Crippen LogP contribution >= 0.6 is 0 Å². The molecule has 6 N–H and O–H groups in total. The molecule has 3 aromatic rings. The number of methoxy groups -OCH3 is 2. The predicted octanol–water partition coefficient (Wildman–Crippen LogP) is 2.78. The van der Waals surface area contributed by atoms with Crippen LogP contribution in [-0.2, 0) is 16.0 Å². The van der Waals surface area contributed by atoms with E-state index in [1.807, 2.05) is 0 Å². The summed E-state index contributed by atoms with van der Waals surface area (Å²) in [6, 6.07) is 17.2. The largest absolute Gasteiger partial charge is 0.497 e. The van der Waals surface area contributed by atoms with Gasteiger partial charge in [0.15, 0.2) is 0 Å². The van der Waals surface area contributed by atoms with Gasteiger partial charge in [0.1, 0.15) is 17.5 Å². The van der Waals surface area contributed by atoms with E-state index in [9.17, 15) is 14.4 Å². The Bertz CT molecular complexity index is 1270. The van der Waals surface area contributed by atoms with Crippen molar-refractivity contribution in [3.63, 3.8) is 0 Å². The van der Waals surface area contributed by atoms with Crippen LogP contribution in [0.5, 0.6) is 11.5 Å². The van der Waals surface area contributed by atoms with Crippen molar-refractivity contribution in [3.8, 4) is 11.5 Å². The maximum atomic E-state index is 13.1. The fourth-order valence-corrected chi connectivity index (χ4v) is 3.45. The molecule has 37 heavy (non-hydrogen) atoms. The highest BCUT2D eigenvalue weighted by molar-refractivity contribution is 6.01. The van der Waals surface area contributed by atoms with Gasteiger partial charge in [-0.05, 0) is 66.2 Å². The number of carbonyl (C=O) groups is 3.